The minimum absolute atomic E-state index is 0.00385. The average Bonchev–Trinajstić information content (AvgIpc) is 2.91. The van der Waals surface area contributed by atoms with E-state index in [1.54, 1.807) is 36.4 Å². The number of hydrazone groups is 2. The van der Waals surface area contributed by atoms with Crippen LogP contribution in [0, 0.1) is 0 Å². The lowest BCUT2D eigenvalue weighted by atomic mass is 10.2. The molecule has 0 bridgehead atoms. The minimum atomic E-state index is -0.0177. The molecule has 3 rings (SSSR count). The Morgan fingerprint density at radius 3 is 1.38 bits per heavy atom. The van der Waals surface area contributed by atoms with E-state index in [4.69, 9.17) is 14.2 Å². The summed E-state index contributed by atoms with van der Waals surface area (Å²) in [6, 6.07) is 14.0. The van der Waals surface area contributed by atoms with Crippen molar-refractivity contribution in [3.8, 4) is 34.5 Å². The van der Waals surface area contributed by atoms with Gasteiger partial charge in [-0.2, -0.15) is 15.3 Å². The van der Waals surface area contributed by atoms with E-state index in [-0.39, 0.29) is 23.2 Å². The molecule has 3 aromatic carbocycles. The number of ether oxygens (including phenoxy) is 3. The molecule has 0 fully saturated rings. The second-order valence-electron chi connectivity index (χ2n) is 7.21. The summed E-state index contributed by atoms with van der Waals surface area (Å²) in [5.74, 6) is 1.57. The van der Waals surface area contributed by atoms with E-state index < -0.39 is 0 Å². The molecule has 3 aromatic rings. The third-order valence-electron chi connectivity index (χ3n) is 4.81. The maximum absolute atomic E-state index is 10.0. The van der Waals surface area contributed by atoms with E-state index in [2.05, 4.69) is 31.3 Å². The molecule has 0 aliphatic carbocycles. The number of aromatic hydroxyl groups is 3. The number of nitrogens with one attached hydrogen (secondary N) is 2. The first-order chi connectivity index (χ1) is 17.9. The normalized spacial score (nSPS) is 11.1. The van der Waals surface area contributed by atoms with Crippen LogP contribution in [-0.4, -0.2) is 61.3 Å². The zero-order chi connectivity index (χ0) is 26.6. The lowest BCUT2D eigenvalue weighted by Gasteiger charge is -2.05. The van der Waals surface area contributed by atoms with Gasteiger partial charge in [-0.1, -0.05) is 0 Å². The lowest BCUT2D eigenvalue weighted by molar-refractivity contribution is 0.412. The van der Waals surface area contributed by atoms with Gasteiger partial charge < -0.3 is 29.5 Å². The van der Waals surface area contributed by atoms with Crippen molar-refractivity contribution in [2.75, 3.05) is 21.3 Å². The summed E-state index contributed by atoms with van der Waals surface area (Å²) in [5.41, 5.74) is 6.42. The molecular formula is C25H26N6O6. The third kappa shape index (κ3) is 7.62. The van der Waals surface area contributed by atoms with Gasteiger partial charge in [-0.05, 0) is 54.6 Å². The minimum Gasteiger partial charge on any atom is -0.507 e. The number of benzene rings is 3. The van der Waals surface area contributed by atoms with Crippen molar-refractivity contribution < 1.29 is 29.5 Å². The van der Waals surface area contributed by atoms with Crippen LogP contribution in [0.25, 0.3) is 0 Å². The highest BCUT2D eigenvalue weighted by Gasteiger charge is 2.04. The van der Waals surface area contributed by atoms with E-state index in [1.165, 1.54) is 58.2 Å². The van der Waals surface area contributed by atoms with Crippen LogP contribution >= 0.6 is 0 Å². The molecule has 0 spiro atoms. The zero-order valence-corrected chi connectivity index (χ0v) is 20.3. The molecule has 0 atom stereocenters. The fraction of sp³-hybridized carbons (Fsp3) is 0.120. The van der Waals surface area contributed by atoms with Crippen LogP contribution in [0.5, 0.6) is 34.5 Å². The second kappa shape index (κ2) is 13.0. The summed E-state index contributed by atoms with van der Waals surface area (Å²) >= 11 is 0. The summed E-state index contributed by atoms with van der Waals surface area (Å²) in [7, 11) is 4.53. The van der Waals surface area contributed by atoms with Crippen LogP contribution in [0.2, 0.25) is 0 Å². The first-order valence-corrected chi connectivity index (χ1v) is 10.7. The Morgan fingerprint density at radius 1 is 0.622 bits per heavy atom. The van der Waals surface area contributed by atoms with E-state index in [9.17, 15) is 15.3 Å². The van der Waals surface area contributed by atoms with Gasteiger partial charge in [0.1, 0.15) is 34.5 Å². The standard InChI is InChI=1S/C25H26N6O6/c1-35-19-4-7-22(32)16(10-19)13-26-29-25(30-27-14-17-11-20(36-2)5-8-23(17)33)31-28-15-18-12-21(37-3)6-9-24(18)34/h4-15,32-34H,1-3H3,(H2,29,30,31)/b26-13+,27-14+,28-15+. The van der Waals surface area contributed by atoms with E-state index >= 15 is 0 Å². The van der Waals surface area contributed by atoms with Crippen molar-refractivity contribution in [3.05, 3.63) is 71.3 Å². The molecule has 0 saturated heterocycles. The maximum atomic E-state index is 10.0. The van der Waals surface area contributed by atoms with Gasteiger partial charge in [0.05, 0.1) is 40.0 Å². The summed E-state index contributed by atoms with van der Waals surface area (Å²) in [5, 5.41) is 46.1. The Kier molecular flexibility index (Phi) is 9.25. The van der Waals surface area contributed by atoms with Gasteiger partial charge in [-0.3, -0.25) is 0 Å². The molecule has 0 unspecified atom stereocenters. The number of phenolic OH excluding ortho intramolecular Hbond substituents is 3. The Labute approximate surface area is 212 Å². The Morgan fingerprint density at radius 2 is 1.00 bits per heavy atom. The van der Waals surface area contributed by atoms with Gasteiger partial charge in [0, 0.05) is 16.7 Å². The number of methoxy groups -OCH3 is 3. The van der Waals surface area contributed by atoms with Crippen molar-refractivity contribution >= 4 is 24.6 Å². The molecule has 192 valence electrons. The number of nitrogens with zero attached hydrogens (tertiary/aromatic N) is 4. The second-order valence-corrected chi connectivity index (χ2v) is 7.21. The van der Waals surface area contributed by atoms with Crippen LogP contribution in [0.4, 0.5) is 0 Å². The fourth-order valence-corrected chi connectivity index (χ4v) is 2.83. The van der Waals surface area contributed by atoms with Crippen molar-refractivity contribution in [2.45, 2.75) is 0 Å². The van der Waals surface area contributed by atoms with Crippen LogP contribution in [0.3, 0.4) is 0 Å². The van der Waals surface area contributed by atoms with Gasteiger partial charge in [0.25, 0.3) is 5.96 Å². The predicted octanol–water partition coefficient (Wildman–Crippen LogP) is 2.77. The van der Waals surface area contributed by atoms with Crippen molar-refractivity contribution in [2.24, 2.45) is 20.4 Å². The molecule has 12 heteroatoms. The molecule has 0 amide bonds. The molecule has 0 heterocycles. The van der Waals surface area contributed by atoms with Crippen LogP contribution in [-0.2, 0) is 0 Å². The number of phenols is 3. The highest BCUT2D eigenvalue weighted by molar-refractivity contribution is 5.89. The zero-order valence-electron chi connectivity index (χ0n) is 20.3. The van der Waals surface area contributed by atoms with Crippen molar-refractivity contribution in [1.82, 2.24) is 10.9 Å². The number of guanidine groups is 1. The summed E-state index contributed by atoms with van der Waals surface area (Å²) < 4.78 is 15.5. The third-order valence-corrected chi connectivity index (χ3v) is 4.81. The average molecular weight is 507 g/mol. The highest BCUT2D eigenvalue weighted by Crippen LogP contribution is 2.22. The van der Waals surface area contributed by atoms with Gasteiger partial charge in [-0.15, -0.1) is 5.10 Å². The Balaban J connectivity index is 1.82. The molecule has 5 N–H and O–H groups in total. The highest BCUT2D eigenvalue weighted by atomic mass is 16.5. The van der Waals surface area contributed by atoms with Gasteiger partial charge >= 0.3 is 0 Å². The largest absolute Gasteiger partial charge is 0.507 e. The van der Waals surface area contributed by atoms with E-state index in [0.29, 0.717) is 33.9 Å². The quantitative estimate of drug-likeness (QED) is 0.168. The van der Waals surface area contributed by atoms with Crippen LogP contribution in [0.15, 0.2) is 75.0 Å². The summed E-state index contributed by atoms with van der Waals surface area (Å²) in [4.78, 5) is 0. The Bertz CT molecular complexity index is 1270. The van der Waals surface area contributed by atoms with Gasteiger partial charge in [0.15, 0.2) is 0 Å². The van der Waals surface area contributed by atoms with Crippen molar-refractivity contribution in [3.63, 3.8) is 0 Å². The first-order valence-electron chi connectivity index (χ1n) is 10.7. The number of hydrogen-bond donors (Lipinski definition) is 5. The Hall–Kier alpha value is -5.26. The maximum Gasteiger partial charge on any atom is 0.257 e. The molecular weight excluding hydrogens is 480 g/mol. The number of hydrogen-bond acceptors (Lipinski definition) is 10. The molecule has 0 saturated carbocycles. The fourth-order valence-electron chi connectivity index (χ4n) is 2.83. The SMILES string of the molecule is COc1ccc(O)c(/C=N/N=C(N/N=C/c2cc(OC)ccc2O)N/N=C/c2cc(OC)ccc2O)c1. The van der Waals surface area contributed by atoms with Crippen LogP contribution in [0.1, 0.15) is 16.7 Å². The molecule has 0 aliphatic rings. The van der Waals surface area contributed by atoms with E-state index in [0.717, 1.165) is 0 Å². The molecule has 0 radical (unpaired) electrons. The molecule has 0 aliphatic heterocycles. The van der Waals surface area contributed by atoms with Crippen molar-refractivity contribution in [1.29, 1.82) is 0 Å². The number of rotatable bonds is 9. The van der Waals surface area contributed by atoms with Gasteiger partial charge in [0.2, 0.25) is 0 Å². The predicted molar refractivity (Wildman–Crippen MR) is 140 cm³/mol. The monoisotopic (exact) mass is 506 g/mol. The molecule has 37 heavy (non-hydrogen) atoms. The molecule has 0 aromatic heterocycles. The summed E-state index contributed by atoms with van der Waals surface area (Å²) in [6.45, 7) is 0. The first kappa shape index (κ1) is 26.3. The molecule has 12 nitrogen and oxygen atoms in total. The smallest absolute Gasteiger partial charge is 0.257 e. The van der Waals surface area contributed by atoms with E-state index in [1.807, 2.05) is 0 Å². The van der Waals surface area contributed by atoms with Gasteiger partial charge in [-0.25, -0.2) is 10.9 Å². The topological polar surface area (TPSA) is 162 Å². The summed E-state index contributed by atoms with van der Waals surface area (Å²) in [6.07, 6.45) is 4.02. The lowest BCUT2D eigenvalue weighted by Crippen LogP contribution is -2.30. The van der Waals surface area contributed by atoms with Crippen LogP contribution < -0.4 is 25.1 Å².